The van der Waals surface area contributed by atoms with Crippen LogP contribution in [0.25, 0.3) is 21.7 Å². The predicted molar refractivity (Wildman–Crippen MR) is 91.5 cm³/mol. The number of fused-ring (bicyclic) bond motifs is 1. The van der Waals surface area contributed by atoms with Crippen LogP contribution in [0.1, 0.15) is 5.69 Å². The molecule has 4 heterocycles. The second kappa shape index (κ2) is 6.36. The zero-order valence-electron chi connectivity index (χ0n) is 13.3. The Balaban J connectivity index is 1.73. The Morgan fingerprint density at radius 3 is 2.65 bits per heavy atom. The van der Waals surface area contributed by atoms with Gasteiger partial charge in [-0.05, 0) is 18.2 Å². The van der Waals surface area contributed by atoms with Crippen molar-refractivity contribution in [3.63, 3.8) is 0 Å². The Morgan fingerprint density at radius 2 is 1.96 bits per heavy atom. The highest BCUT2D eigenvalue weighted by molar-refractivity contribution is 7.13. The van der Waals surface area contributed by atoms with Crippen molar-refractivity contribution in [1.29, 1.82) is 0 Å². The Kier molecular flexibility index (Phi) is 4.16. The smallest absolute Gasteiger partial charge is 0.403 e. The molecule has 0 aliphatic carbocycles. The fourth-order valence-electron chi connectivity index (χ4n) is 2.74. The summed E-state index contributed by atoms with van der Waals surface area (Å²) in [5.41, 5.74) is -1.63. The summed E-state index contributed by atoms with van der Waals surface area (Å²) < 4.78 is 43.4. The molecule has 0 spiro atoms. The van der Waals surface area contributed by atoms with Crippen LogP contribution in [-0.4, -0.2) is 36.1 Å². The van der Waals surface area contributed by atoms with Crippen LogP contribution >= 0.6 is 11.3 Å². The molecule has 4 rings (SSSR count). The summed E-state index contributed by atoms with van der Waals surface area (Å²) in [5, 5.41) is 4.62. The van der Waals surface area contributed by atoms with Crippen molar-refractivity contribution in [2.24, 2.45) is 0 Å². The average molecular weight is 382 g/mol. The molecule has 1 aliphatic heterocycles. The molecular formula is C16H13F3N4O2S. The molecule has 6 nitrogen and oxygen atoms in total. The molecule has 3 aromatic heterocycles. The largest absolute Gasteiger partial charge is 0.434 e. The third kappa shape index (κ3) is 3.17. The molecule has 26 heavy (non-hydrogen) atoms. The molecular weight excluding hydrogens is 369 g/mol. The van der Waals surface area contributed by atoms with E-state index in [4.69, 9.17) is 4.42 Å². The van der Waals surface area contributed by atoms with Gasteiger partial charge >= 0.3 is 11.8 Å². The molecule has 0 amide bonds. The van der Waals surface area contributed by atoms with E-state index >= 15 is 0 Å². The van der Waals surface area contributed by atoms with Gasteiger partial charge in [0.15, 0.2) is 5.69 Å². The molecule has 1 N–H and O–H groups in total. The Morgan fingerprint density at radius 1 is 1.19 bits per heavy atom. The Labute approximate surface area is 149 Å². The van der Waals surface area contributed by atoms with E-state index in [1.807, 2.05) is 0 Å². The highest BCUT2D eigenvalue weighted by Crippen LogP contribution is 2.33. The maximum atomic E-state index is 12.7. The first-order valence-corrected chi connectivity index (χ1v) is 8.73. The van der Waals surface area contributed by atoms with Crippen LogP contribution in [0.2, 0.25) is 0 Å². The fourth-order valence-corrected chi connectivity index (χ4v) is 3.57. The third-order valence-electron chi connectivity index (χ3n) is 4.05. The highest BCUT2D eigenvalue weighted by Gasteiger charge is 2.34. The normalized spacial score (nSPS) is 15.6. The standard InChI is InChI=1S/C16H13F3N4O2S/c17-16(18,19)11-8-26-14(21-11)10-7-9-1-2-12(22-13(9)25-15(10)24)23-5-3-20-4-6-23/h1-2,7-8,20H,3-6H2. The van der Waals surface area contributed by atoms with Crippen LogP contribution in [0, 0.1) is 0 Å². The number of piperazine rings is 1. The molecule has 10 heteroatoms. The Bertz CT molecular complexity index is 1010. The molecule has 3 aromatic rings. The quantitative estimate of drug-likeness (QED) is 0.735. The second-order valence-electron chi connectivity index (χ2n) is 5.78. The maximum Gasteiger partial charge on any atom is 0.434 e. The van der Waals surface area contributed by atoms with Gasteiger partial charge in [0.2, 0.25) is 5.71 Å². The molecule has 0 unspecified atom stereocenters. The van der Waals surface area contributed by atoms with Crippen molar-refractivity contribution in [2.75, 3.05) is 31.1 Å². The summed E-state index contributed by atoms with van der Waals surface area (Å²) in [7, 11) is 0. The van der Waals surface area contributed by atoms with Crippen molar-refractivity contribution >= 4 is 28.3 Å². The fraction of sp³-hybridized carbons (Fsp3) is 0.312. The number of aromatic nitrogens is 2. The minimum absolute atomic E-state index is 0.00489. The lowest BCUT2D eigenvalue weighted by Crippen LogP contribution is -2.43. The van der Waals surface area contributed by atoms with Crippen LogP contribution in [0.3, 0.4) is 0 Å². The zero-order chi connectivity index (χ0) is 18.3. The molecule has 0 atom stereocenters. The van der Waals surface area contributed by atoms with Crippen LogP contribution in [0.15, 0.2) is 32.8 Å². The molecule has 1 saturated heterocycles. The molecule has 0 saturated carbocycles. The van der Waals surface area contributed by atoms with Crippen LogP contribution < -0.4 is 15.8 Å². The molecule has 1 fully saturated rings. The number of hydrogen-bond acceptors (Lipinski definition) is 7. The number of thiazole rings is 1. The summed E-state index contributed by atoms with van der Waals surface area (Å²) in [4.78, 5) is 22.2. The van der Waals surface area contributed by atoms with Gasteiger partial charge in [0, 0.05) is 36.9 Å². The van der Waals surface area contributed by atoms with Gasteiger partial charge in [-0.2, -0.15) is 18.2 Å². The van der Waals surface area contributed by atoms with Gasteiger partial charge in [-0.1, -0.05) is 0 Å². The molecule has 1 aliphatic rings. The second-order valence-corrected chi connectivity index (χ2v) is 6.64. The van der Waals surface area contributed by atoms with Gasteiger partial charge in [0.05, 0.1) is 5.56 Å². The highest BCUT2D eigenvalue weighted by atomic mass is 32.1. The van der Waals surface area contributed by atoms with E-state index < -0.39 is 17.5 Å². The van der Waals surface area contributed by atoms with Crippen molar-refractivity contribution in [1.82, 2.24) is 15.3 Å². The van der Waals surface area contributed by atoms with Gasteiger partial charge in [-0.3, -0.25) is 0 Å². The summed E-state index contributed by atoms with van der Waals surface area (Å²) in [6, 6.07) is 5.01. The van der Waals surface area contributed by atoms with E-state index in [0.29, 0.717) is 11.2 Å². The lowest BCUT2D eigenvalue weighted by molar-refractivity contribution is -0.140. The van der Waals surface area contributed by atoms with E-state index in [1.54, 1.807) is 12.1 Å². The van der Waals surface area contributed by atoms with E-state index in [-0.39, 0.29) is 16.3 Å². The van der Waals surface area contributed by atoms with Gasteiger partial charge in [-0.15, -0.1) is 11.3 Å². The zero-order valence-corrected chi connectivity index (χ0v) is 14.2. The first-order valence-electron chi connectivity index (χ1n) is 7.85. The summed E-state index contributed by atoms with van der Waals surface area (Å²) in [6.07, 6.45) is -4.55. The number of hydrogen-bond donors (Lipinski definition) is 1. The Hall–Kier alpha value is -2.46. The number of pyridine rings is 1. The number of nitrogens with one attached hydrogen (secondary N) is 1. The van der Waals surface area contributed by atoms with Crippen LogP contribution in [0.5, 0.6) is 0 Å². The minimum atomic E-state index is -4.55. The van der Waals surface area contributed by atoms with Crippen molar-refractivity contribution in [2.45, 2.75) is 6.18 Å². The summed E-state index contributed by atoms with van der Waals surface area (Å²) in [5.74, 6) is 0.698. The topological polar surface area (TPSA) is 71.3 Å². The van der Waals surface area contributed by atoms with E-state index in [0.717, 1.165) is 42.9 Å². The lowest BCUT2D eigenvalue weighted by Gasteiger charge is -2.28. The number of alkyl halides is 3. The molecule has 0 radical (unpaired) electrons. The average Bonchev–Trinajstić information content (AvgIpc) is 3.12. The SMILES string of the molecule is O=c1oc2nc(N3CCNCC3)ccc2cc1-c1nc(C(F)(F)F)cs1. The number of rotatable bonds is 2. The number of nitrogens with zero attached hydrogens (tertiary/aromatic N) is 3. The van der Waals surface area contributed by atoms with Crippen molar-refractivity contribution in [3.05, 3.63) is 39.7 Å². The van der Waals surface area contributed by atoms with Crippen molar-refractivity contribution in [3.8, 4) is 10.6 Å². The number of halogens is 3. The first kappa shape index (κ1) is 17.0. The van der Waals surface area contributed by atoms with Gasteiger partial charge in [-0.25, -0.2) is 9.78 Å². The molecule has 136 valence electrons. The van der Waals surface area contributed by atoms with Crippen LogP contribution in [0.4, 0.5) is 19.0 Å². The lowest BCUT2D eigenvalue weighted by atomic mass is 10.2. The third-order valence-corrected chi connectivity index (χ3v) is 4.93. The minimum Gasteiger partial charge on any atom is -0.403 e. The summed E-state index contributed by atoms with van der Waals surface area (Å²) in [6.45, 7) is 3.27. The maximum absolute atomic E-state index is 12.7. The van der Waals surface area contributed by atoms with Gasteiger partial charge in [0.1, 0.15) is 10.8 Å². The van der Waals surface area contributed by atoms with E-state index in [9.17, 15) is 18.0 Å². The van der Waals surface area contributed by atoms with Crippen LogP contribution in [-0.2, 0) is 6.18 Å². The van der Waals surface area contributed by atoms with Gasteiger partial charge < -0.3 is 14.6 Å². The predicted octanol–water partition coefficient (Wildman–Crippen LogP) is 2.74. The monoisotopic (exact) mass is 382 g/mol. The van der Waals surface area contributed by atoms with E-state index in [1.165, 1.54) is 6.07 Å². The molecule has 0 bridgehead atoms. The number of anilines is 1. The van der Waals surface area contributed by atoms with E-state index in [2.05, 4.69) is 20.2 Å². The first-order chi connectivity index (χ1) is 12.4. The van der Waals surface area contributed by atoms with Crippen molar-refractivity contribution < 1.29 is 17.6 Å². The van der Waals surface area contributed by atoms with Gasteiger partial charge in [0.25, 0.3) is 0 Å². The summed E-state index contributed by atoms with van der Waals surface area (Å²) >= 11 is 0.751. The molecule has 0 aromatic carbocycles.